The van der Waals surface area contributed by atoms with Crippen molar-refractivity contribution in [1.82, 2.24) is 0 Å². The Bertz CT molecular complexity index is 474. The van der Waals surface area contributed by atoms with Crippen LogP contribution in [0.1, 0.15) is 38.8 Å². The van der Waals surface area contributed by atoms with E-state index in [-0.39, 0.29) is 23.1 Å². The zero-order valence-electron chi connectivity index (χ0n) is 14.1. The summed E-state index contributed by atoms with van der Waals surface area (Å²) in [6.07, 6.45) is 1.43. The molecule has 2 aromatic carbocycles. The molecule has 0 saturated carbocycles. The fourth-order valence-corrected chi connectivity index (χ4v) is 2.19. The van der Waals surface area contributed by atoms with E-state index in [1.54, 1.807) is 0 Å². The number of aliphatic hydroxyl groups is 2. The van der Waals surface area contributed by atoms with Crippen molar-refractivity contribution in [2.75, 3.05) is 0 Å². The third-order valence-electron chi connectivity index (χ3n) is 2.96. The molecular formula is C20H30MgO2. The van der Waals surface area contributed by atoms with Gasteiger partial charge in [-0.1, -0.05) is 60.7 Å². The van der Waals surface area contributed by atoms with Gasteiger partial charge in [0.1, 0.15) is 0 Å². The third kappa shape index (κ3) is 12.2. The van der Waals surface area contributed by atoms with Gasteiger partial charge in [-0.05, 0) is 38.8 Å². The summed E-state index contributed by atoms with van der Waals surface area (Å²) in [7, 11) is 0. The van der Waals surface area contributed by atoms with Gasteiger partial charge in [0.2, 0.25) is 0 Å². The number of hydrogen-bond donors (Lipinski definition) is 2. The van der Waals surface area contributed by atoms with Crippen molar-refractivity contribution < 1.29 is 10.2 Å². The van der Waals surface area contributed by atoms with Crippen LogP contribution in [0.15, 0.2) is 60.7 Å². The predicted octanol–water partition coefficient (Wildman–Crippen LogP) is 3.08. The minimum absolute atomic E-state index is 0. The van der Waals surface area contributed by atoms with Gasteiger partial charge in [0, 0.05) is 12.8 Å². The first-order valence-corrected chi connectivity index (χ1v) is 7.68. The van der Waals surface area contributed by atoms with Gasteiger partial charge in [0.15, 0.2) is 0 Å². The minimum Gasteiger partial charge on any atom is -0.390 e. The van der Waals surface area contributed by atoms with E-state index in [4.69, 9.17) is 0 Å². The quantitative estimate of drug-likeness (QED) is 0.848. The van der Waals surface area contributed by atoms with Crippen LogP contribution in [0.2, 0.25) is 0 Å². The fraction of sp³-hybridized carbons (Fsp3) is 0.400. The van der Waals surface area contributed by atoms with Gasteiger partial charge in [0.05, 0.1) is 11.2 Å². The Hall–Kier alpha value is -0.874. The maximum absolute atomic E-state index is 9.47. The van der Waals surface area contributed by atoms with Crippen molar-refractivity contribution >= 4 is 23.1 Å². The van der Waals surface area contributed by atoms with E-state index in [1.165, 1.54) is 11.1 Å². The van der Waals surface area contributed by atoms with Crippen LogP contribution in [-0.2, 0) is 12.8 Å². The first kappa shape index (κ1) is 22.1. The lowest BCUT2D eigenvalue weighted by Crippen LogP contribution is -2.21. The van der Waals surface area contributed by atoms with E-state index in [2.05, 4.69) is 0 Å². The highest BCUT2D eigenvalue weighted by molar-refractivity contribution is 5.75. The van der Waals surface area contributed by atoms with E-state index in [0.29, 0.717) is 12.8 Å². The van der Waals surface area contributed by atoms with Crippen molar-refractivity contribution in [2.45, 2.75) is 51.7 Å². The summed E-state index contributed by atoms with van der Waals surface area (Å²) in [5.41, 5.74) is 1.17. The molecule has 0 fully saturated rings. The van der Waals surface area contributed by atoms with Crippen molar-refractivity contribution in [2.24, 2.45) is 0 Å². The summed E-state index contributed by atoms with van der Waals surface area (Å²) in [5.74, 6) is 0. The molecule has 0 radical (unpaired) electrons. The molecule has 0 aliphatic rings. The zero-order chi connectivity index (χ0) is 16.6. The van der Waals surface area contributed by atoms with Gasteiger partial charge in [-0.25, -0.2) is 0 Å². The smallest absolute Gasteiger partial charge is 0.316 e. The standard InChI is InChI=1S/2C10H14O.Mg.2H/c2*1-10(2,11)8-9-6-4-3-5-7-9;;;/h2*3-7,11H,8H2,1-2H3;;;. The monoisotopic (exact) mass is 326 g/mol. The van der Waals surface area contributed by atoms with E-state index in [0.717, 1.165) is 0 Å². The summed E-state index contributed by atoms with van der Waals surface area (Å²) >= 11 is 0. The molecular weight excluding hydrogens is 297 g/mol. The lowest BCUT2D eigenvalue weighted by atomic mass is 9.99. The van der Waals surface area contributed by atoms with E-state index in [9.17, 15) is 10.2 Å². The molecule has 0 amide bonds. The number of benzene rings is 2. The zero-order valence-corrected chi connectivity index (χ0v) is 14.1. The molecule has 2 N–H and O–H groups in total. The van der Waals surface area contributed by atoms with Gasteiger partial charge in [-0.15, -0.1) is 0 Å². The van der Waals surface area contributed by atoms with Gasteiger partial charge < -0.3 is 10.2 Å². The van der Waals surface area contributed by atoms with Crippen LogP contribution in [0.5, 0.6) is 0 Å². The average molecular weight is 327 g/mol. The van der Waals surface area contributed by atoms with Crippen molar-refractivity contribution in [1.29, 1.82) is 0 Å². The third-order valence-corrected chi connectivity index (χ3v) is 2.96. The molecule has 2 nitrogen and oxygen atoms in total. The summed E-state index contributed by atoms with van der Waals surface area (Å²) in [4.78, 5) is 0. The Morgan fingerprint density at radius 2 is 0.870 bits per heavy atom. The molecule has 0 unspecified atom stereocenters. The van der Waals surface area contributed by atoms with Gasteiger partial charge >= 0.3 is 23.1 Å². The molecule has 0 aromatic heterocycles. The Labute approximate surface area is 156 Å². The first-order valence-electron chi connectivity index (χ1n) is 7.68. The molecule has 0 aliphatic heterocycles. The SMILES string of the molecule is CC(C)(O)Cc1ccccc1.CC(C)(O)Cc1ccccc1.[MgH2]. The van der Waals surface area contributed by atoms with Crippen LogP contribution in [0.4, 0.5) is 0 Å². The Balaban J connectivity index is 0.000000403. The summed E-state index contributed by atoms with van der Waals surface area (Å²) in [5, 5.41) is 18.9. The molecule has 124 valence electrons. The summed E-state index contributed by atoms with van der Waals surface area (Å²) in [6, 6.07) is 20.0. The fourth-order valence-electron chi connectivity index (χ4n) is 2.19. The molecule has 0 heterocycles. The Morgan fingerprint density at radius 1 is 0.609 bits per heavy atom. The molecule has 0 saturated heterocycles. The van der Waals surface area contributed by atoms with Crippen LogP contribution < -0.4 is 0 Å². The van der Waals surface area contributed by atoms with Crippen molar-refractivity contribution in [3.05, 3.63) is 71.8 Å². The van der Waals surface area contributed by atoms with Crippen LogP contribution in [0, 0.1) is 0 Å². The largest absolute Gasteiger partial charge is 0.390 e. The Morgan fingerprint density at radius 3 is 1.09 bits per heavy atom. The van der Waals surface area contributed by atoms with Crippen LogP contribution in [-0.4, -0.2) is 44.5 Å². The topological polar surface area (TPSA) is 40.5 Å². The van der Waals surface area contributed by atoms with Gasteiger partial charge in [-0.3, -0.25) is 0 Å². The average Bonchev–Trinajstić information content (AvgIpc) is 2.38. The maximum atomic E-state index is 9.47. The van der Waals surface area contributed by atoms with Crippen LogP contribution >= 0.6 is 0 Å². The molecule has 2 aromatic rings. The molecule has 2 rings (SSSR count). The highest BCUT2D eigenvalue weighted by atomic mass is 24.3. The van der Waals surface area contributed by atoms with Crippen LogP contribution in [0.25, 0.3) is 0 Å². The van der Waals surface area contributed by atoms with E-state index >= 15 is 0 Å². The summed E-state index contributed by atoms with van der Waals surface area (Å²) in [6.45, 7) is 7.28. The van der Waals surface area contributed by atoms with Crippen LogP contribution in [0.3, 0.4) is 0 Å². The molecule has 23 heavy (non-hydrogen) atoms. The second-order valence-corrected chi connectivity index (χ2v) is 6.95. The lowest BCUT2D eigenvalue weighted by molar-refractivity contribution is 0.0803. The molecule has 0 spiro atoms. The summed E-state index contributed by atoms with van der Waals surface area (Å²) < 4.78 is 0. The van der Waals surface area contributed by atoms with Gasteiger partial charge in [-0.2, -0.15) is 0 Å². The van der Waals surface area contributed by atoms with Crippen molar-refractivity contribution in [3.63, 3.8) is 0 Å². The van der Waals surface area contributed by atoms with E-state index < -0.39 is 11.2 Å². The van der Waals surface area contributed by atoms with Crippen molar-refractivity contribution in [3.8, 4) is 0 Å². The molecule has 0 atom stereocenters. The maximum Gasteiger partial charge on any atom is 0.316 e. The highest BCUT2D eigenvalue weighted by Gasteiger charge is 2.12. The molecule has 0 aliphatic carbocycles. The lowest BCUT2D eigenvalue weighted by Gasteiger charge is -2.16. The second kappa shape index (κ2) is 10.1. The molecule has 0 bridgehead atoms. The Kier molecular flexibility index (Phi) is 9.70. The first-order chi connectivity index (χ1) is 10.2. The number of rotatable bonds is 4. The number of hydrogen-bond acceptors (Lipinski definition) is 2. The molecule has 3 heteroatoms. The van der Waals surface area contributed by atoms with Gasteiger partial charge in [0.25, 0.3) is 0 Å². The normalized spacial score (nSPS) is 11.0. The predicted molar refractivity (Wildman–Crippen MR) is 101 cm³/mol. The second-order valence-electron chi connectivity index (χ2n) is 6.95. The van der Waals surface area contributed by atoms with E-state index in [1.807, 2.05) is 88.4 Å². The minimum atomic E-state index is -0.596. The highest BCUT2D eigenvalue weighted by Crippen LogP contribution is 2.11.